The van der Waals surface area contributed by atoms with Crippen molar-refractivity contribution < 1.29 is 17.9 Å². The molecule has 1 aromatic rings. The van der Waals surface area contributed by atoms with E-state index in [0.29, 0.717) is 10.2 Å². The highest BCUT2D eigenvalue weighted by Gasteiger charge is 2.28. The number of halogens is 4. The van der Waals surface area contributed by atoms with Gasteiger partial charge in [-0.1, -0.05) is 0 Å². The van der Waals surface area contributed by atoms with Crippen molar-refractivity contribution in [3.63, 3.8) is 0 Å². The second kappa shape index (κ2) is 6.03. The molecule has 0 fully saturated rings. The minimum Gasteiger partial charge on any atom is -0.370 e. The Morgan fingerprint density at radius 1 is 1.50 bits per heavy atom. The number of hydrogen-bond donors (Lipinski definition) is 1. The van der Waals surface area contributed by atoms with Gasteiger partial charge in [0, 0.05) is 6.04 Å². The van der Waals surface area contributed by atoms with Crippen LogP contribution in [0, 0.1) is 0 Å². The van der Waals surface area contributed by atoms with Gasteiger partial charge in [0.05, 0.1) is 29.0 Å². The van der Waals surface area contributed by atoms with Gasteiger partial charge < -0.3 is 10.5 Å². The summed E-state index contributed by atoms with van der Waals surface area (Å²) in [5.74, 6) is 0. The summed E-state index contributed by atoms with van der Waals surface area (Å²) in [5, 5.41) is 4.11. The normalized spacial score (nSPS) is 14.2. The predicted octanol–water partition coefficient (Wildman–Crippen LogP) is 2.81. The molecule has 2 N–H and O–H groups in total. The van der Waals surface area contributed by atoms with Crippen molar-refractivity contribution in [1.82, 2.24) is 9.78 Å². The SMILES string of the molecule is CC(C)n1ncc(Br)c1C(N)COCC(F)(F)F. The second-order valence-corrected chi connectivity index (χ2v) is 5.01. The van der Waals surface area contributed by atoms with Crippen molar-refractivity contribution in [3.05, 3.63) is 16.4 Å². The average Bonchev–Trinajstić information content (AvgIpc) is 2.58. The molecule has 1 unspecified atom stereocenters. The summed E-state index contributed by atoms with van der Waals surface area (Å²) in [7, 11) is 0. The predicted molar refractivity (Wildman–Crippen MR) is 64.1 cm³/mol. The smallest absolute Gasteiger partial charge is 0.370 e. The van der Waals surface area contributed by atoms with Crippen LogP contribution in [0.25, 0.3) is 0 Å². The van der Waals surface area contributed by atoms with E-state index in [1.165, 1.54) is 0 Å². The van der Waals surface area contributed by atoms with Gasteiger partial charge in [0.1, 0.15) is 6.61 Å². The van der Waals surface area contributed by atoms with Gasteiger partial charge in [0.2, 0.25) is 0 Å². The quantitative estimate of drug-likeness (QED) is 0.903. The lowest BCUT2D eigenvalue weighted by Crippen LogP contribution is -2.25. The number of aromatic nitrogens is 2. The Bertz CT molecular complexity index is 392. The zero-order chi connectivity index (χ0) is 13.9. The van der Waals surface area contributed by atoms with Gasteiger partial charge in [-0.2, -0.15) is 18.3 Å². The molecule has 0 saturated heterocycles. The van der Waals surface area contributed by atoms with Gasteiger partial charge in [-0.05, 0) is 29.8 Å². The van der Waals surface area contributed by atoms with E-state index >= 15 is 0 Å². The van der Waals surface area contributed by atoms with Gasteiger partial charge in [-0.3, -0.25) is 4.68 Å². The van der Waals surface area contributed by atoms with Crippen LogP contribution in [0.4, 0.5) is 13.2 Å². The maximum absolute atomic E-state index is 11.9. The second-order valence-electron chi connectivity index (χ2n) is 4.15. The summed E-state index contributed by atoms with van der Waals surface area (Å²) < 4.78 is 42.7. The van der Waals surface area contributed by atoms with Crippen molar-refractivity contribution in [2.75, 3.05) is 13.2 Å². The largest absolute Gasteiger partial charge is 0.411 e. The van der Waals surface area contributed by atoms with Crippen molar-refractivity contribution >= 4 is 15.9 Å². The Labute approximate surface area is 111 Å². The molecule has 0 aliphatic rings. The molecule has 0 radical (unpaired) electrons. The fourth-order valence-corrected chi connectivity index (χ4v) is 2.06. The molecule has 0 aliphatic carbocycles. The van der Waals surface area contributed by atoms with Crippen molar-refractivity contribution in [1.29, 1.82) is 0 Å². The number of nitrogens with two attached hydrogens (primary N) is 1. The molecule has 4 nitrogen and oxygen atoms in total. The molecule has 18 heavy (non-hydrogen) atoms. The summed E-state index contributed by atoms with van der Waals surface area (Å²) in [5.41, 5.74) is 6.46. The van der Waals surface area contributed by atoms with Crippen LogP contribution in [0.1, 0.15) is 31.6 Å². The molecule has 8 heteroatoms. The zero-order valence-electron chi connectivity index (χ0n) is 10.0. The third-order valence-electron chi connectivity index (χ3n) is 2.19. The lowest BCUT2D eigenvalue weighted by molar-refractivity contribution is -0.175. The third kappa shape index (κ3) is 4.25. The molecule has 1 rings (SSSR count). The van der Waals surface area contributed by atoms with E-state index in [1.807, 2.05) is 13.8 Å². The van der Waals surface area contributed by atoms with E-state index in [9.17, 15) is 13.2 Å². The average molecular weight is 330 g/mol. The molecule has 1 aromatic heterocycles. The Hall–Kier alpha value is -0.600. The Morgan fingerprint density at radius 3 is 2.61 bits per heavy atom. The standard InChI is InChI=1S/C10H15BrF3N3O/c1-6(2)17-9(7(11)3-16-17)8(15)4-18-5-10(12,13)14/h3,6,8H,4-5,15H2,1-2H3. The number of hydrogen-bond acceptors (Lipinski definition) is 3. The van der Waals surface area contributed by atoms with Gasteiger partial charge in [-0.25, -0.2) is 0 Å². The highest BCUT2D eigenvalue weighted by molar-refractivity contribution is 9.10. The van der Waals surface area contributed by atoms with E-state index in [4.69, 9.17) is 5.73 Å². The van der Waals surface area contributed by atoms with Crippen LogP contribution in [0.2, 0.25) is 0 Å². The maximum atomic E-state index is 11.9. The first-order valence-corrected chi connectivity index (χ1v) is 6.14. The molecular weight excluding hydrogens is 315 g/mol. The molecule has 0 aliphatic heterocycles. The van der Waals surface area contributed by atoms with Crippen molar-refractivity contribution in [2.45, 2.75) is 32.1 Å². The minimum absolute atomic E-state index is 0.0694. The lowest BCUT2D eigenvalue weighted by atomic mass is 10.2. The summed E-state index contributed by atoms with van der Waals surface area (Å²) in [6.45, 7) is 2.31. The van der Waals surface area contributed by atoms with Gasteiger partial charge in [0.25, 0.3) is 0 Å². The van der Waals surface area contributed by atoms with E-state index < -0.39 is 18.8 Å². The maximum Gasteiger partial charge on any atom is 0.411 e. The van der Waals surface area contributed by atoms with E-state index in [0.717, 1.165) is 0 Å². The Kier molecular flexibility index (Phi) is 5.18. The lowest BCUT2D eigenvalue weighted by Gasteiger charge is -2.18. The van der Waals surface area contributed by atoms with E-state index in [1.54, 1.807) is 10.9 Å². The van der Waals surface area contributed by atoms with Crippen molar-refractivity contribution in [2.24, 2.45) is 5.73 Å². The molecule has 104 valence electrons. The van der Waals surface area contributed by atoms with Crippen molar-refractivity contribution in [3.8, 4) is 0 Å². The molecule has 0 amide bonds. The number of alkyl halides is 3. The topological polar surface area (TPSA) is 53.1 Å². The molecule has 1 heterocycles. The molecule has 0 spiro atoms. The Morgan fingerprint density at radius 2 is 2.11 bits per heavy atom. The summed E-state index contributed by atoms with van der Waals surface area (Å²) in [6, 6.07) is -0.591. The van der Waals surface area contributed by atoms with E-state index in [2.05, 4.69) is 25.8 Å². The van der Waals surface area contributed by atoms with Crippen LogP contribution in [0.15, 0.2) is 10.7 Å². The number of ether oxygens (including phenoxy) is 1. The van der Waals surface area contributed by atoms with Crippen LogP contribution >= 0.6 is 15.9 Å². The summed E-state index contributed by atoms with van der Waals surface area (Å²) in [6.07, 6.45) is -2.77. The Balaban J connectivity index is 2.66. The number of rotatable bonds is 5. The van der Waals surface area contributed by atoms with Gasteiger partial charge in [-0.15, -0.1) is 0 Å². The van der Waals surface area contributed by atoms with Crippen LogP contribution < -0.4 is 5.73 Å². The first kappa shape index (κ1) is 15.5. The molecule has 0 aromatic carbocycles. The van der Waals surface area contributed by atoms with E-state index in [-0.39, 0.29) is 12.6 Å². The van der Waals surface area contributed by atoms with Crippen LogP contribution in [0.5, 0.6) is 0 Å². The van der Waals surface area contributed by atoms with Gasteiger partial charge in [0.15, 0.2) is 0 Å². The van der Waals surface area contributed by atoms with Crippen LogP contribution in [0.3, 0.4) is 0 Å². The van der Waals surface area contributed by atoms with Crippen LogP contribution in [-0.4, -0.2) is 29.2 Å². The summed E-state index contributed by atoms with van der Waals surface area (Å²) in [4.78, 5) is 0. The molecule has 0 bridgehead atoms. The fourth-order valence-electron chi connectivity index (χ4n) is 1.49. The van der Waals surface area contributed by atoms with Gasteiger partial charge >= 0.3 is 6.18 Å². The summed E-state index contributed by atoms with van der Waals surface area (Å²) >= 11 is 3.28. The highest BCUT2D eigenvalue weighted by Crippen LogP contribution is 2.25. The zero-order valence-corrected chi connectivity index (χ0v) is 11.6. The monoisotopic (exact) mass is 329 g/mol. The number of nitrogens with zero attached hydrogens (tertiary/aromatic N) is 2. The fraction of sp³-hybridized carbons (Fsp3) is 0.700. The molecule has 0 saturated carbocycles. The highest BCUT2D eigenvalue weighted by atomic mass is 79.9. The first-order chi connectivity index (χ1) is 8.22. The first-order valence-electron chi connectivity index (χ1n) is 5.35. The van der Waals surface area contributed by atoms with Crippen LogP contribution in [-0.2, 0) is 4.74 Å². The molecular formula is C10H15BrF3N3O. The minimum atomic E-state index is -4.34. The third-order valence-corrected chi connectivity index (χ3v) is 2.80. The molecule has 1 atom stereocenters.